The van der Waals surface area contributed by atoms with Gasteiger partial charge in [0.05, 0.1) is 23.6 Å². The second-order valence-electron chi connectivity index (χ2n) is 8.51. The largest absolute Gasteiger partial charge is 0.493 e. The van der Waals surface area contributed by atoms with Crippen molar-refractivity contribution in [1.29, 1.82) is 0 Å². The number of nitrogens with zero attached hydrogens (tertiary/aromatic N) is 2. The summed E-state index contributed by atoms with van der Waals surface area (Å²) in [4.78, 5) is 23.3. The van der Waals surface area contributed by atoms with E-state index in [4.69, 9.17) is 4.74 Å². The molecule has 1 saturated carbocycles. The highest BCUT2D eigenvalue weighted by molar-refractivity contribution is 8.18. The average Bonchev–Trinajstić information content (AvgIpc) is 3.50. The number of amidine groups is 1. The number of fused-ring (bicyclic) bond motifs is 1. The van der Waals surface area contributed by atoms with Gasteiger partial charge in [0, 0.05) is 16.5 Å². The molecule has 3 heterocycles. The number of rotatable bonds is 7. The molecule has 0 spiro atoms. The Morgan fingerprint density at radius 3 is 2.94 bits per heavy atom. The molecule has 1 aliphatic carbocycles. The van der Waals surface area contributed by atoms with Gasteiger partial charge in [0.2, 0.25) is 0 Å². The van der Waals surface area contributed by atoms with E-state index < -0.39 is 0 Å². The number of thioether (sulfide) groups is 1. The molecular weight excluding hydrogens is 450 g/mol. The molecule has 7 heteroatoms. The molecule has 1 aromatic carbocycles. The van der Waals surface area contributed by atoms with E-state index in [2.05, 4.69) is 33.5 Å². The van der Waals surface area contributed by atoms with E-state index in [1.54, 1.807) is 11.3 Å². The molecule has 33 heavy (non-hydrogen) atoms. The Bertz CT molecular complexity index is 1180. The zero-order valence-corrected chi connectivity index (χ0v) is 20.1. The predicted octanol–water partition coefficient (Wildman–Crippen LogP) is 6.10. The lowest BCUT2D eigenvalue weighted by Crippen LogP contribution is -2.19. The Morgan fingerprint density at radius 2 is 2.09 bits per heavy atom. The molecule has 0 unspecified atom stereocenters. The van der Waals surface area contributed by atoms with Crippen LogP contribution < -0.4 is 10.1 Å². The lowest BCUT2D eigenvalue weighted by molar-refractivity contribution is -0.115. The molecule has 0 radical (unpaired) electrons. The van der Waals surface area contributed by atoms with Crippen molar-refractivity contribution >= 4 is 45.1 Å². The molecule has 5 nitrogen and oxygen atoms in total. The predicted molar refractivity (Wildman–Crippen MR) is 137 cm³/mol. The summed E-state index contributed by atoms with van der Waals surface area (Å²) in [5, 5.41) is 6.60. The fraction of sp³-hybridized carbons (Fsp3) is 0.346. The monoisotopic (exact) mass is 477 g/mol. The molecule has 170 valence electrons. The summed E-state index contributed by atoms with van der Waals surface area (Å²) in [5.41, 5.74) is 2.06. The third-order valence-corrected chi connectivity index (χ3v) is 7.96. The maximum atomic E-state index is 12.4. The third-order valence-electron chi connectivity index (χ3n) is 6.10. The maximum Gasteiger partial charge on any atom is 0.263 e. The van der Waals surface area contributed by atoms with Gasteiger partial charge in [0.1, 0.15) is 5.75 Å². The number of thiophene rings is 1. The fourth-order valence-corrected chi connectivity index (χ4v) is 5.71. The Morgan fingerprint density at radius 1 is 1.18 bits per heavy atom. The summed E-state index contributed by atoms with van der Waals surface area (Å²) >= 11 is 3.08. The standard InChI is InChI=1S/C26H27N3O2S2/c30-25-24(33-26(29-25)28-16-20-7-4-14-32-20)11-9-18-8-10-22-21(15-18)23(12-13-27-22)31-17-19-5-2-1-3-6-19/h4,7-8,10-15,19H,1-3,5-6,9,16-17H2,(H,28,29,30)/b24-11-. The Balaban J connectivity index is 1.26. The molecule has 0 bridgehead atoms. The second-order valence-corrected chi connectivity index (χ2v) is 10.6. The maximum absolute atomic E-state index is 12.4. The van der Waals surface area contributed by atoms with Gasteiger partial charge >= 0.3 is 0 Å². The minimum Gasteiger partial charge on any atom is -0.493 e. The van der Waals surface area contributed by atoms with Gasteiger partial charge in [0.15, 0.2) is 5.17 Å². The first-order valence-electron chi connectivity index (χ1n) is 11.5. The molecule has 5 rings (SSSR count). The van der Waals surface area contributed by atoms with Gasteiger partial charge < -0.3 is 10.1 Å². The van der Waals surface area contributed by atoms with Crippen LogP contribution >= 0.6 is 23.1 Å². The molecule has 1 saturated heterocycles. The lowest BCUT2D eigenvalue weighted by Gasteiger charge is -2.22. The highest BCUT2D eigenvalue weighted by Crippen LogP contribution is 2.30. The zero-order chi connectivity index (χ0) is 22.5. The van der Waals surface area contributed by atoms with Crippen molar-refractivity contribution in [2.24, 2.45) is 10.9 Å². The number of pyridine rings is 1. The Labute approximate surface area is 202 Å². The number of carbonyl (C=O) groups excluding carboxylic acids is 1. The Kier molecular flexibility index (Phi) is 7.07. The summed E-state index contributed by atoms with van der Waals surface area (Å²) in [5.74, 6) is 1.48. The van der Waals surface area contributed by atoms with Gasteiger partial charge in [-0.05, 0) is 72.2 Å². The molecule has 1 aliphatic heterocycles. The number of amides is 1. The fourth-order valence-electron chi connectivity index (χ4n) is 4.29. The van der Waals surface area contributed by atoms with Crippen LogP contribution in [0.3, 0.4) is 0 Å². The van der Waals surface area contributed by atoms with Gasteiger partial charge in [-0.25, -0.2) is 0 Å². The minimum atomic E-state index is -0.0797. The molecule has 2 fully saturated rings. The van der Waals surface area contributed by atoms with Crippen LogP contribution in [0.15, 0.2) is 63.9 Å². The zero-order valence-electron chi connectivity index (χ0n) is 18.5. The van der Waals surface area contributed by atoms with Crippen molar-refractivity contribution in [2.45, 2.75) is 45.1 Å². The van der Waals surface area contributed by atoms with Crippen LogP contribution in [0, 0.1) is 5.92 Å². The summed E-state index contributed by atoms with van der Waals surface area (Å²) < 4.78 is 6.24. The molecule has 0 atom stereocenters. The number of allylic oxidation sites excluding steroid dienone is 1. The van der Waals surface area contributed by atoms with E-state index in [-0.39, 0.29) is 5.91 Å². The number of aromatic nitrogens is 1. The highest BCUT2D eigenvalue weighted by Gasteiger charge is 2.23. The molecule has 1 N–H and O–H groups in total. The topological polar surface area (TPSA) is 63.6 Å². The van der Waals surface area contributed by atoms with Crippen LogP contribution in [-0.2, 0) is 17.8 Å². The van der Waals surface area contributed by atoms with Crippen LogP contribution in [0.5, 0.6) is 5.75 Å². The van der Waals surface area contributed by atoms with Crippen LogP contribution in [0.25, 0.3) is 10.9 Å². The van der Waals surface area contributed by atoms with Crippen molar-refractivity contribution in [1.82, 2.24) is 10.3 Å². The van der Waals surface area contributed by atoms with Crippen molar-refractivity contribution in [3.8, 4) is 5.75 Å². The number of benzene rings is 1. The smallest absolute Gasteiger partial charge is 0.263 e. The molecule has 1 amide bonds. The van der Waals surface area contributed by atoms with Crippen molar-refractivity contribution < 1.29 is 9.53 Å². The Hall–Kier alpha value is -2.64. The minimum absolute atomic E-state index is 0.0797. The van der Waals surface area contributed by atoms with Crippen molar-refractivity contribution in [2.75, 3.05) is 6.61 Å². The highest BCUT2D eigenvalue weighted by atomic mass is 32.2. The molecule has 2 aromatic heterocycles. The van der Waals surface area contributed by atoms with E-state index in [1.165, 1.54) is 48.7 Å². The van der Waals surface area contributed by atoms with Gasteiger partial charge in [-0.2, -0.15) is 0 Å². The van der Waals surface area contributed by atoms with Crippen molar-refractivity contribution in [3.63, 3.8) is 0 Å². The average molecular weight is 478 g/mol. The number of hydrogen-bond donors (Lipinski definition) is 1. The van der Waals surface area contributed by atoms with Gasteiger partial charge in [-0.1, -0.05) is 37.5 Å². The van der Waals surface area contributed by atoms with E-state index in [0.29, 0.717) is 29.0 Å². The number of aliphatic imine (C=N–C) groups is 1. The van der Waals surface area contributed by atoms with E-state index in [1.807, 2.05) is 35.9 Å². The number of ether oxygens (including phenoxy) is 1. The molecular formula is C26H27N3O2S2. The van der Waals surface area contributed by atoms with Gasteiger partial charge in [0.25, 0.3) is 5.91 Å². The first kappa shape index (κ1) is 22.2. The van der Waals surface area contributed by atoms with Crippen molar-refractivity contribution in [3.05, 3.63) is 69.4 Å². The number of carbonyl (C=O) groups is 1. The second kappa shape index (κ2) is 10.5. The molecule has 2 aliphatic rings. The van der Waals surface area contributed by atoms with Gasteiger partial charge in [-0.3, -0.25) is 14.8 Å². The van der Waals surface area contributed by atoms with Crippen LogP contribution in [0.1, 0.15) is 42.5 Å². The van der Waals surface area contributed by atoms with Crippen LogP contribution in [0.4, 0.5) is 0 Å². The lowest BCUT2D eigenvalue weighted by atomic mass is 9.90. The normalized spacial score (nSPS) is 19.5. The van der Waals surface area contributed by atoms with E-state index in [9.17, 15) is 4.79 Å². The van der Waals surface area contributed by atoms with Crippen LogP contribution in [0.2, 0.25) is 0 Å². The van der Waals surface area contributed by atoms with Gasteiger partial charge in [-0.15, -0.1) is 11.3 Å². The first-order chi connectivity index (χ1) is 16.2. The number of nitrogens with one attached hydrogen (secondary N) is 1. The van der Waals surface area contributed by atoms with E-state index in [0.717, 1.165) is 28.8 Å². The molecule has 3 aromatic rings. The van der Waals surface area contributed by atoms with E-state index >= 15 is 0 Å². The summed E-state index contributed by atoms with van der Waals surface area (Å²) in [6.07, 6.45) is 11.0. The summed E-state index contributed by atoms with van der Waals surface area (Å²) in [6, 6.07) is 12.3. The first-order valence-corrected chi connectivity index (χ1v) is 13.2. The number of hydrogen-bond acceptors (Lipinski definition) is 6. The van der Waals surface area contributed by atoms with Crippen LogP contribution in [-0.4, -0.2) is 22.7 Å². The SMILES string of the molecule is O=C1NC(=NCc2cccs2)S/C1=C\Cc1ccc2nccc(OCC3CCCCC3)c2c1. The quantitative estimate of drug-likeness (QED) is 0.418. The summed E-state index contributed by atoms with van der Waals surface area (Å²) in [6.45, 7) is 1.37. The summed E-state index contributed by atoms with van der Waals surface area (Å²) in [7, 11) is 0. The third kappa shape index (κ3) is 5.65.